The molecule has 0 bridgehead atoms. The number of nitrogens with zero attached hydrogens (tertiary/aromatic N) is 4. The topological polar surface area (TPSA) is 77.3 Å². The molecule has 1 aliphatic rings. The summed E-state index contributed by atoms with van der Waals surface area (Å²) in [6.45, 7) is 0.343. The Morgan fingerprint density at radius 2 is 2.07 bits per heavy atom. The van der Waals surface area contributed by atoms with Gasteiger partial charge in [0.2, 0.25) is 0 Å². The lowest BCUT2D eigenvalue weighted by atomic mass is 10.1. The van der Waals surface area contributed by atoms with Crippen LogP contribution in [0.2, 0.25) is 0 Å². The minimum atomic E-state index is -0.724. The van der Waals surface area contributed by atoms with Crippen molar-refractivity contribution in [2.45, 2.75) is 6.04 Å². The van der Waals surface area contributed by atoms with Crippen LogP contribution in [0.1, 0.15) is 21.5 Å². The number of esters is 1. The third-order valence-electron chi connectivity index (χ3n) is 4.66. The maximum atomic E-state index is 13.1. The van der Waals surface area contributed by atoms with E-state index in [1.54, 1.807) is 53.6 Å². The van der Waals surface area contributed by atoms with Gasteiger partial charge in [-0.05, 0) is 36.4 Å². The van der Waals surface area contributed by atoms with Crippen molar-refractivity contribution in [3.05, 3.63) is 90.0 Å². The molecule has 0 N–H and O–H groups in total. The average Bonchev–Trinajstić information content (AvgIpc) is 3.49. The van der Waals surface area contributed by atoms with Gasteiger partial charge in [-0.2, -0.15) is 5.10 Å². The minimum Gasteiger partial charge on any atom is -0.467 e. The molecule has 148 valence electrons. The van der Waals surface area contributed by atoms with E-state index in [0.29, 0.717) is 17.7 Å². The molecule has 4 rings (SSSR count). The molecule has 30 heavy (non-hydrogen) atoms. The van der Waals surface area contributed by atoms with Crippen LogP contribution in [0.3, 0.4) is 0 Å². The molecule has 7 nitrogen and oxygen atoms in total. The zero-order chi connectivity index (χ0) is 20.9. The molecule has 2 aromatic heterocycles. The number of hydrogen-bond acceptors (Lipinski definition) is 5. The summed E-state index contributed by atoms with van der Waals surface area (Å²) in [5, 5.41) is 4.27. The first-order valence-corrected chi connectivity index (χ1v) is 9.29. The molecule has 3 aromatic rings. The fraction of sp³-hybridized carbons (Fsp3) is 0.130. The van der Waals surface area contributed by atoms with Gasteiger partial charge in [-0.25, -0.2) is 9.48 Å². The molecule has 0 fully saturated rings. The summed E-state index contributed by atoms with van der Waals surface area (Å²) in [4.78, 5) is 30.6. The van der Waals surface area contributed by atoms with Crippen LogP contribution in [-0.2, 0) is 9.53 Å². The summed E-state index contributed by atoms with van der Waals surface area (Å²) < 4.78 is 6.50. The number of benzene rings is 1. The highest BCUT2D eigenvalue weighted by Gasteiger charge is 2.32. The zero-order valence-corrected chi connectivity index (χ0v) is 16.2. The first kappa shape index (κ1) is 19.2. The van der Waals surface area contributed by atoms with Crippen molar-refractivity contribution in [1.82, 2.24) is 19.7 Å². The summed E-state index contributed by atoms with van der Waals surface area (Å²) >= 11 is 0. The Morgan fingerprint density at radius 3 is 2.80 bits per heavy atom. The van der Waals surface area contributed by atoms with Crippen LogP contribution in [0.25, 0.3) is 5.69 Å². The second-order valence-electron chi connectivity index (χ2n) is 6.53. The first-order chi connectivity index (χ1) is 14.7. The van der Waals surface area contributed by atoms with Crippen molar-refractivity contribution in [2.75, 3.05) is 13.7 Å². The van der Waals surface area contributed by atoms with Crippen LogP contribution in [0.4, 0.5) is 0 Å². The van der Waals surface area contributed by atoms with E-state index in [4.69, 9.17) is 4.74 Å². The molecular formula is C23H18N4O3. The highest BCUT2D eigenvalue weighted by Crippen LogP contribution is 2.20. The first-order valence-electron chi connectivity index (χ1n) is 9.29. The molecule has 1 aromatic carbocycles. The van der Waals surface area contributed by atoms with Crippen LogP contribution < -0.4 is 0 Å². The monoisotopic (exact) mass is 398 g/mol. The summed E-state index contributed by atoms with van der Waals surface area (Å²) in [5.41, 5.74) is 2.57. The maximum absolute atomic E-state index is 13.1. The summed E-state index contributed by atoms with van der Waals surface area (Å²) in [5.74, 6) is 5.45. The van der Waals surface area contributed by atoms with Crippen molar-refractivity contribution >= 4 is 11.9 Å². The van der Waals surface area contributed by atoms with E-state index in [9.17, 15) is 9.59 Å². The van der Waals surface area contributed by atoms with E-state index in [0.717, 1.165) is 11.3 Å². The molecule has 0 saturated heterocycles. The Kier molecular flexibility index (Phi) is 5.39. The number of ether oxygens (including phenoxy) is 1. The van der Waals surface area contributed by atoms with Crippen LogP contribution in [0.5, 0.6) is 0 Å². The summed E-state index contributed by atoms with van der Waals surface area (Å²) in [6.07, 6.45) is 10.3. The van der Waals surface area contributed by atoms with Gasteiger partial charge in [0.25, 0.3) is 5.91 Å². The van der Waals surface area contributed by atoms with E-state index in [-0.39, 0.29) is 5.91 Å². The molecule has 7 heteroatoms. The number of aromatic nitrogens is 3. The van der Waals surface area contributed by atoms with Crippen molar-refractivity contribution in [1.29, 1.82) is 0 Å². The predicted octanol–water partition coefficient (Wildman–Crippen LogP) is 2.22. The summed E-state index contributed by atoms with van der Waals surface area (Å²) in [6, 6.07) is 9.98. The maximum Gasteiger partial charge on any atom is 0.332 e. The number of methoxy groups -OCH3 is 1. The van der Waals surface area contributed by atoms with Crippen molar-refractivity contribution in [3.8, 4) is 17.5 Å². The molecule has 0 spiro atoms. The third-order valence-corrected chi connectivity index (χ3v) is 4.66. The second-order valence-corrected chi connectivity index (χ2v) is 6.53. The van der Waals surface area contributed by atoms with Crippen LogP contribution >= 0.6 is 0 Å². The molecule has 0 aliphatic carbocycles. The van der Waals surface area contributed by atoms with Crippen LogP contribution in [-0.4, -0.2) is 51.2 Å². The van der Waals surface area contributed by atoms with Gasteiger partial charge in [0, 0.05) is 42.5 Å². The molecule has 3 heterocycles. The predicted molar refractivity (Wildman–Crippen MR) is 110 cm³/mol. The molecule has 0 radical (unpaired) electrons. The molecule has 1 aliphatic heterocycles. The van der Waals surface area contributed by atoms with Gasteiger partial charge >= 0.3 is 5.97 Å². The number of rotatable bonds is 3. The Labute approximate surface area is 173 Å². The standard InChI is InChI=1S/C23H18N4O3/c1-30-23(29)21-6-3-13-26(21)22(28)19-9-10-20(27-14-4-12-25-27)18(15-19)8-7-17-5-2-11-24-16-17/h2-6,9-12,14-16,21H,13H2,1H3/t21-/m1/s1. The van der Waals surface area contributed by atoms with E-state index in [2.05, 4.69) is 21.9 Å². The Hall–Kier alpha value is -4.18. The lowest BCUT2D eigenvalue weighted by molar-refractivity contribution is -0.143. The molecule has 0 saturated carbocycles. The van der Waals surface area contributed by atoms with Gasteiger partial charge < -0.3 is 9.64 Å². The quantitative estimate of drug-likeness (QED) is 0.384. The highest BCUT2D eigenvalue weighted by molar-refractivity contribution is 5.98. The van der Waals surface area contributed by atoms with Gasteiger partial charge in [0.1, 0.15) is 6.04 Å². The van der Waals surface area contributed by atoms with Crippen LogP contribution in [0.15, 0.2) is 73.3 Å². The number of carbonyl (C=O) groups is 2. The Morgan fingerprint density at radius 1 is 1.17 bits per heavy atom. The van der Waals surface area contributed by atoms with Crippen LogP contribution in [0, 0.1) is 11.8 Å². The number of amides is 1. The van der Waals surface area contributed by atoms with E-state index < -0.39 is 12.0 Å². The second kappa shape index (κ2) is 8.45. The van der Waals surface area contributed by atoms with Gasteiger partial charge in [-0.1, -0.05) is 24.0 Å². The smallest absolute Gasteiger partial charge is 0.332 e. The average molecular weight is 398 g/mol. The Balaban J connectivity index is 1.71. The van der Waals surface area contributed by atoms with Crippen molar-refractivity contribution < 1.29 is 14.3 Å². The zero-order valence-electron chi connectivity index (χ0n) is 16.2. The van der Waals surface area contributed by atoms with E-state index in [1.165, 1.54) is 12.0 Å². The number of carbonyl (C=O) groups excluding carboxylic acids is 2. The number of hydrogen-bond donors (Lipinski definition) is 0. The molecule has 0 unspecified atom stereocenters. The lowest BCUT2D eigenvalue weighted by Gasteiger charge is -2.23. The lowest BCUT2D eigenvalue weighted by Crippen LogP contribution is -2.41. The molecule has 1 amide bonds. The minimum absolute atomic E-state index is 0.271. The van der Waals surface area contributed by atoms with E-state index in [1.807, 2.05) is 24.4 Å². The van der Waals surface area contributed by atoms with Crippen molar-refractivity contribution in [3.63, 3.8) is 0 Å². The van der Waals surface area contributed by atoms with Gasteiger partial charge in [-0.15, -0.1) is 0 Å². The highest BCUT2D eigenvalue weighted by atomic mass is 16.5. The van der Waals surface area contributed by atoms with Gasteiger partial charge in [0.15, 0.2) is 0 Å². The SMILES string of the molecule is COC(=O)[C@H]1C=CCN1C(=O)c1ccc(-n2cccn2)c(C#Cc2cccnc2)c1. The van der Waals surface area contributed by atoms with Crippen molar-refractivity contribution in [2.24, 2.45) is 0 Å². The fourth-order valence-corrected chi connectivity index (χ4v) is 3.18. The van der Waals surface area contributed by atoms with E-state index >= 15 is 0 Å². The normalized spacial score (nSPS) is 14.8. The molecular weight excluding hydrogens is 380 g/mol. The third kappa shape index (κ3) is 3.84. The largest absolute Gasteiger partial charge is 0.467 e. The Bertz CT molecular complexity index is 1160. The van der Waals surface area contributed by atoms with Gasteiger partial charge in [-0.3, -0.25) is 9.78 Å². The molecule has 1 atom stereocenters. The van der Waals surface area contributed by atoms with Gasteiger partial charge in [0.05, 0.1) is 18.4 Å². The fourth-order valence-electron chi connectivity index (χ4n) is 3.18. The number of pyridine rings is 1. The summed E-state index contributed by atoms with van der Waals surface area (Å²) in [7, 11) is 1.31.